The minimum absolute atomic E-state index is 0.155. The number of guanidine groups is 1. The Bertz CT molecular complexity index is 781. The topological polar surface area (TPSA) is 96.2 Å². The van der Waals surface area contributed by atoms with Crippen LogP contribution in [0.5, 0.6) is 0 Å². The van der Waals surface area contributed by atoms with Crippen molar-refractivity contribution >= 4 is 11.9 Å². The molecular weight excluding hydrogens is 342 g/mol. The number of benzene rings is 1. The summed E-state index contributed by atoms with van der Waals surface area (Å²) in [7, 11) is 1.94. The van der Waals surface area contributed by atoms with Gasteiger partial charge in [-0.15, -0.1) is 10.2 Å². The number of carbonyl (C=O) groups excluding carboxylic acids is 1. The summed E-state index contributed by atoms with van der Waals surface area (Å²) < 4.78 is 1.94. The van der Waals surface area contributed by atoms with E-state index >= 15 is 0 Å². The van der Waals surface area contributed by atoms with E-state index < -0.39 is 0 Å². The van der Waals surface area contributed by atoms with Crippen LogP contribution in [0.1, 0.15) is 30.1 Å². The third kappa shape index (κ3) is 5.80. The molecule has 2 aromatic rings. The predicted molar refractivity (Wildman–Crippen MR) is 104 cm³/mol. The molecule has 1 amide bonds. The van der Waals surface area contributed by atoms with E-state index in [0.717, 1.165) is 30.1 Å². The lowest BCUT2D eigenvalue weighted by Gasteiger charge is -2.13. The Kier molecular flexibility index (Phi) is 6.40. The molecule has 1 heterocycles. The van der Waals surface area contributed by atoms with Gasteiger partial charge in [-0.05, 0) is 25.3 Å². The highest BCUT2D eigenvalue weighted by molar-refractivity contribution is 5.81. The predicted octanol–water partition coefficient (Wildman–Crippen LogP) is 0.885. The Balaban J connectivity index is 1.53. The van der Waals surface area contributed by atoms with Crippen LogP contribution in [0.4, 0.5) is 0 Å². The van der Waals surface area contributed by atoms with E-state index in [1.54, 1.807) is 0 Å². The Labute approximate surface area is 159 Å². The SMILES string of the molecule is Cc1nnc(CNC(=NCc2ccccc2)NCCNC(=O)C2CC2)n1C. The molecule has 0 spiro atoms. The number of aryl methyl sites for hydroxylation is 1. The Hall–Kier alpha value is -2.90. The quantitative estimate of drug-likeness (QED) is 0.365. The highest BCUT2D eigenvalue weighted by Gasteiger charge is 2.28. The molecule has 0 unspecified atom stereocenters. The lowest BCUT2D eigenvalue weighted by molar-refractivity contribution is -0.122. The number of nitrogens with one attached hydrogen (secondary N) is 3. The molecule has 8 nitrogen and oxygen atoms in total. The maximum atomic E-state index is 11.7. The van der Waals surface area contributed by atoms with Gasteiger partial charge in [0.2, 0.25) is 5.91 Å². The highest BCUT2D eigenvalue weighted by Crippen LogP contribution is 2.28. The van der Waals surface area contributed by atoms with Gasteiger partial charge in [-0.3, -0.25) is 4.79 Å². The smallest absolute Gasteiger partial charge is 0.223 e. The number of hydrogen-bond donors (Lipinski definition) is 3. The largest absolute Gasteiger partial charge is 0.355 e. The van der Waals surface area contributed by atoms with E-state index in [0.29, 0.717) is 32.1 Å². The summed E-state index contributed by atoms with van der Waals surface area (Å²) in [6.45, 7) is 4.19. The summed E-state index contributed by atoms with van der Waals surface area (Å²) in [5.41, 5.74) is 1.13. The molecule has 3 rings (SSSR count). The van der Waals surface area contributed by atoms with Gasteiger partial charge in [0.25, 0.3) is 0 Å². The number of carbonyl (C=O) groups is 1. The van der Waals surface area contributed by atoms with Crippen LogP contribution in [-0.4, -0.2) is 39.7 Å². The second-order valence-corrected chi connectivity index (χ2v) is 6.72. The average molecular weight is 369 g/mol. The van der Waals surface area contributed by atoms with Gasteiger partial charge in [-0.2, -0.15) is 0 Å². The first kappa shape index (κ1) is 18.9. The number of hydrogen-bond acceptors (Lipinski definition) is 4. The van der Waals surface area contributed by atoms with Crippen LogP contribution in [0.3, 0.4) is 0 Å². The maximum Gasteiger partial charge on any atom is 0.223 e. The molecule has 1 aromatic carbocycles. The summed E-state index contributed by atoms with van der Waals surface area (Å²) in [6, 6.07) is 10.1. The monoisotopic (exact) mass is 369 g/mol. The second-order valence-electron chi connectivity index (χ2n) is 6.72. The summed E-state index contributed by atoms with van der Waals surface area (Å²) in [4.78, 5) is 16.3. The van der Waals surface area contributed by atoms with Crippen LogP contribution in [0.25, 0.3) is 0 Å². The van der Waals surface area contributed by atoms with Crippen LogP contribution >= 0.6 is 0 Å². The van der Waals surface area contributed by atoms with Crippen molar-refractivity contribution in [3.63, 3.8) is 0 Å². The van der Waals surface area contributed by atoms with Crippen molar-refractivity contribution in [3.05, 3.63) is 47.5 Å². The van der Waals surface area contributed by atoms with Crippen molar-refractivity contribution in [2.45, 2.75) is 32.9 Å². The average Bonchev–Trinajstić information content (AvgIpc) is 3.49. The van der Waals surface area contributed by atoms with Crippen LogP contribution in [0, 0.1) is 12.8 Å². The van der Waals surface area contributed by atoms with Crippen molar-refractivity contribution in [1.82, 2.24) is 30.7 Å². The van der Waals surface area contributed by atoms with Gasteiger partial charge in [0.1, 0.15) is 5.82 Å². The first-order valence-electron chi connectivity index (χ1n) is 9.32. The number of nitrogens with zero attached hydrogens (tertiary/aromatic N) is 4. The summed E-state index contributed by atoms with van der Waals surface area (Å²) in [5.74, 6) is 2.77. The minimum Gasteiger partial charge on any atom is -0.355 e. The molecule has 27 heavy (non-hydrogen) atoms. The van der Waals surface area contributed by atoms with Gasteiger partial charge >= 0.3 is 0 Å². The van der Waals surface area contributed by atoms with Crippen LogP contribution in [0.2, 0.25) is 0 Å². The maximum absolute atomic E-state index is 11.7. The third-order valence-corrected chi connectivity index (χ3v) is 4.52. The van der Waals surface area contributed by atoms with Gasteiger partial charge in [0, 0.05) is 26.1 Å². The Morgan fingerprint density at radius 1 is 1.15 bits per heavy atom. The van der Waals surface area contributed by atoms with E-state index in [2.05, 4.69) is 31.1 Å². The summed E-state index contributed by atoms with van der Waals surface area (Å²) >= 11 is 0. The molecule has 144 valence electrons. The van der Waals surface area contributed by atoms with Gasteiger partial charge in [-0.25, -0.2) is 4.99 Å². The van der Waals surface area contributed by atoms with Crippen molar-refractivity contribution < 1.29 is 4.79 Å². The molecule has 1 fully saturated rings. The second kappa shape index (κ2) is 9.16. The zero-order valence-corrected chi connectivity index (χ0v) is 15.9. The normalized spacial score (nSPS) is 14.1. The molecule has 1 aromatic heterocycles. The number of aliphatic imine (C=N–C) groups is 1. The Morgan fingerprint density at radius 3 is 2.56 bits per heavy atom. The third-order valence-electron chi connectivity index (χ3n) is 4.52. The minimum atomic E-state index is 0.155. The zero-order valence-electron chi connectivity index (χ0n) is 15.9. The number of rotatable bonds is 8. The molecule has 0 radical (unpaired) electrons. The van der Waals surface area contributed by atoms with Gasteiger partial charge in [0.05, 0.1) is 13.1 Å². The van der Waals surface area contributed by atoms with Crippen LogP contribution < -0.4 is 16.0 Å². The highest BCUT2D eigenvalue weighted by atomic mass is 16.2. The summed E-state index contributed by atoms with van der Waals surface area (Å²) in [5, 5.41) is 17.7. The first-order chi connectivity index (χ1) is 13.1. The molecule has 8 heteroatoms. The van der Waals surface area contributed by atoms with Gasteiger partial charge < -0.3 is 20.5 Å². The number of amides is 1. The molecular formula is C19H27N7O. The standard InChI is InChI=1S/C19H27N7O/c1-14-24-25-17(26(14)2)13-23-19(22-12-15-6-4-3-5-7-15)21-11-10-20-18(27)16-8-9-16/h3-7,16H,8-13H2,1-2H3,(H,20,27)(H2,21,22,23). The van der Waals surface area contributed by atoms with E-state index in [9.17, 15) is 4.79 Å². The fraction of sp³-hybridized carbons (Fsp3) is 0.474. The Morgan fingerprint density at radius 2 is 1.89 bits per heavy atom. The molecule has 1 saturated carbocycles. The van der Waals surface area contributed by atoms with E-state index in [-0.39, 0.29) is 11.8 Å². The fourth-order valence-corrected chi connectivity index (χ4v) is 2.55. The van der Waals surface area contributed by atoms with Crippen LogP contribution in [0.15, 0.2) is 35.3 Å². The van der Waals surface area contributed by atoms with E-state index in [1.165, 1.54) is 0 Å². The lowest BCUT2D eigenvalue weighted by atomic mass is 10.2. The van der Waals surface area contributed by atoms with E-state index in [4.69, 9.17) is 0 Å². The van der Waals surface area contributed by atoms with Crippen molar-refractivity contribution in [2.24, 2.45) is 18.0 Å². The van der Waals surface area contributed by atoms with Crippen molar-refractivity contribution in [1.29, 1.82) is 0 Å². The molecule has 1 aliphatic carbocycles. The lowest BCUT2D eigenvalue weighted by Crippen LogP contribution is -2.41. The van der Waals surface area contributed by atoms with Crippen LogP contribution in [-0.2, 0) is 24.9 Å². The van der Waals surface area contributed by atoms with Gasteiger partial charge in [-0.1, -0.05) is 30.3 Å². The van der Waals surface area contributed by atoms with E-state index in [1.807, 2.05) is 48.9 Å². The molecule has 0 atom stereocenters. The molecule has 0 aliphatic heterocycles. The molecule has 1 aliphatic rings. The van der Waals surface area contributed by atoms with Crippen molar-refractivity contribution in [3.8, 4) is 0 Å². The van der Waals surface area contributed by atoms with Gasteiger partial charge in [0.15, 0.2) is 11.8 Å². The summed E-state index contributed by atoms with van der Waals surface area (Å²) in [6.07, 6.45) is 2.03. The zero-order chi connectivity index (χ0) is 19.1. The molecule has 0 saturated heterocycles. The first-order valence-corrected chi connectivity index (χ1v) is 9.32. The number of aromatic nitrogens is 3. The molecule has 3 N–H and O–H groups in total. The molecule has 0 bridgehead atoms. The van der Waals surface area contributed by atoms with Crippen molar-refractivity contribution in [2.75, 3.05) is 13.1 Å². The fourth-order valence-electron chi connectivity index (χ4n) is 2.55.